The van der Waals surface area contributed by atoms with Crippen molar-refractivity contribution in [1.29, 1.82) is 15.8 Å². The van der Waals surface area contributed by atoms with Gasteiger partial charge in [-0.15, -0.1) is 0 Å². The molecule has 0 heterocycles. The predicted molar refractivity (Wildman–Crippen MR) is 44.0 cm³/mol. The van der Waals surface area contributed by atoms with Crippen LogP contribution in [0.3, 0.4) is 0 Å². The summed E-state index contributed by atoms with van der Waals surface area (Å²) in [6.45, 7) is 3.15. The molecule has 4 nitrogen and oxygen atoms in total. The Balaban J connectivity index is 5.05. The number of hydrogen-bond donors (Lipinski definition) is 0. The van der Waals surface area contributed by atoms with Crippen LogP contribution < -0.4 is 21.2 Å². The molecule has 0 bridgehead atoms. The van der Waals surface area contributed by atoms with E-state index in [1.165, 1.54) is 6.92 Å². The summed E-state index contributed by atoms with van der Waals surface area (Å²) >= 11 is -0.811. The maximum atomic E-state index is 10.8. The number of hydrogen-bond acceptors (Lipinski definition) is 4. The molecular weight excluding hydrogens is 293 g/mol. The summed E-state index contributed by atoms with van der Waals surface area (Å²) in [6, 6.07) is 5.14. The molecule has 0 aromatic carbocycles. The van der Waals surface area contributed by atoms with E-state index in [1.807, 2.05) is 6.07 Å². The molecule has 0 saturated carbocycles. The van der Waals surface area contributed by atoms with Gasteiger partial charge in [0.15, 0.2) is 0 Å². The molecule has 72 valence electrons. The molecule has 0 aliphatic carbocycles. The molecule has 0 N–H and O–H groups in total. The monoisotopic (exact) mass is 300 g/mol. The van der Waals surface area contributed by atoms with Crippen LogP contribution in [-0.2, 0) is 4.79 Å². The molecular formula is C9H7IN3O-. The van der Waals surface area contributed by atoms with E-state index in [0.29, 0.717) is 0 Å². The minimum atomic E-state index is -0.811. The molecule has 0 rings (SSSR count). The third kappa shape index (κ3) is 3.55. The van der Waals surface area contributed by atoms with Crippen molar-refractivity contribution in [2.75, 3.05) is 0 Å². The van der Waals surface area contributed by atoms with Gasteiger partial charge < -0.3 is 0 Å². The third-order valence-electron chi connectivity index (χ3n) is 1.33. The van der Waals surface area contributed by atoms with Crippen molar-refractivity contribution in [2.45, 2.75) is 17.8 Å². The van der Waals surface area contributed by atoms with E-state index in [2.05, 4.69) is 0 Å². The van der Waals surface area contributed by atoms with Crippen LogP contribution in [0.5, 0.6) is 0 Å². The van der Waals surface area contributed by atoms with Crippen LogP contribution >= 0.6 is 0 Å². The van der Waals surface area contributed by atoms with Gasteiger partial charge in [0, 0.05) is 0 Å². The van der Waals surface area contributed by atoms with Crippen molar-refractivity contribution in [3.05, 3.63) is 11.1 Å². The van der Waals surface area contributed by atoms with Gasteiger partial charge in [-0.2, -0.15) is 0 Å². The molecule has 0 aromatic rings. The number of nitrogens with zero attached hydrogens (tertiary/aromatic N) is 3. The van der Waals surface area contributed by atoms with Gasteiger partial charge in [-0.3, -0.25) is 0 Å². The molecule has 0 radical (unpaired) electrons. The second-order valence-corrected chi connectivity index (χ2v) is 6.33. The van der Waals surface area contributed by atoms with Gasteiger partial charge in [0.1, 0.15) is 0 Å². The number of nitriles is 3. The van der Waals surface area contributed by atoms with Crippen LogP contribution in [-0.4, -0.2) is 7.71 Å². The Morgan fingerprint density at radius 2 is 1.71 bits per heavy atom. The molecule has 0 saturated heterocycles. The molecule has 1 atom stereocenters. The van der Waals surface area contributed by atoms with Crippen LogP contribution in [0.2, 0.25) is 0 Å². The van der Waals surface area contributed by atoms with E-state index in [9.17, 15) is 4.79 Å². The van der Waals surface area contributed by atoms with Crippen molar-refractivity contribution in [3.63, 3.8) is 0 Å². The van der Waals surface area contributed by atoms with Crippen molar-refractivity contribution in [1.82, 2.24) is 0 Å². The van der Waals surface area contributed by atoms with Crippen molar-refractivity contribution in [3.8, 4) is 18.2 Å². The topological polar surface area (TPSA) is 88.4 Å². The first kappa shape index (κ1) is 12.6. The van der Waals surface area contributed by atoms with Gasteiger partial charge >= 0.3 is 92.7 Å². The van der Waals surface area contributed by atoms with Gasteiger partial charge in [0.2, 0.25) is 0 Å². The van der Waals surface area contributed by atoms with E-state index in [-0.39, 0.29) is 18.9 Å². The van der Waals surface area contributed by atoms with Crippen LogP contribution in [0.1, 0.15) is 13.8 Å². The van der Waals surface area contributed by atoms with Gasteiger partial charge in [-0.05, 0) is 0 Å². The number of halogens is 1. The molecule has 14 heavy (non-hydrogen) atoms. The first-order valence-electron chi connectivity index (χ1n) is 3.65. The summed E-state index contributed by atoms with van der Waals surface area (Å²) in [5.41, 5.74) is -0.0426. The summed E-state index contributed by atoms with van der Waals surface area (Å²) in [7, 11) is 0. The Bertz CT molecular complexity index is 376. The fourth-order valence-corrected chi connectivity index (χ4v) is 2.85. The van der Waals surface area contributed by atoms with Crippen LogP contribution in [0.25, 0.3) is 0 Å². The Kier molecular flexibility index (Phi) is 5.52. The van der Waals surface area contributed by atoms with E-state index in [4.69, 9.17) is 15.8 Å². The summed E-state index contributed by atoms with van der Waals surface area (Å²) in [5.74, 6) is 0. The van der Waals surface area contributed by atoms with E-state index >= 15 is 0 Å². The molecule has 0 aromatic heterocycles. The van der Waals surface area contributed by atoms with Crippen LogP contribution in [0.15, 0.2) is 11.1 Å². The number of allylic oxidation sites excluding steroid dienone is 2. The van der Waals surface area contributed by atoms with Gasteiger partial charge in [0.25, 0.3) is 0 Å². The first-order valence-corrected chi connectivity index (χ1v) is 5.97. The fourth-order valence-electron chi connectivity index (χ4n) is 0.774. The maximum absolute atomic E-state index is 10.8. The Morgan fingerprint density at radius 1 is 1.21 bits per heavy atom. The Morgan fingerprint density at radius 3 is 2.00 bits per heavy atom. The normalized spacial score (nSPS) is 10.5. The zero-order valence-corrected chi connectivity index (χ0v) is 9.86. The van der Waals surface area contributed by atoms with Gasteiger partial charge in [-0.1, -0.05) is 0 Å². The molecule has 0 amide bonds. The summed E-state index contributed by atoms with van der Waals surface area (Å²) in [5, 5.41) is 25.9. The molecule has 0 fully saturated rings. The second-order valence-electron chi connectivity index (χ2n) is 2.32. The second kappa shape index (κ2) is 6.12. The zero-order valence-electron chi connectivity index (χ0n) is 7.71. The zero-order chi connectivity index (χ0) is 11.1. The molecule has 5 heteroatoms. The molecule has 1 unspecified atom stereocenters. The number of alkyl halides is 1. The summed E-state index contributed by atoms with van der Waals surface area (Å²) in [4.78, 5) is 10.8. The van der Waals surface area contributed by atoms with E-state index in [1.54, 1.807) is 19.1 Å². The van der Waals surface area contributed by atoms with Crippen molar-refractivity contribution in [2.24, 2.45) is 0 Å². The number of carbonyl (C=O) groups excluding carboxylic acids is 1. The Hall–Kier alpha value is -1.39. The molecule has 0 aliphatic heterocycles. The average molecular weight is 300 g/mol. The van der Waals surface area contributed by atoms with E-state index < -0.39 is 21.2 Å². The van der Waals surface area contributed by atoms with Crippen LogP contribution in [0, 0.1) is 34.0 Å². The van der Waals surface area contributed by atoms with Crippen molar-refractivity contribution >= 4 is 3.79 Å². The van der Waals surface area contributed by atoms with Gasteiger partial charge in [0.05, 0.1) is 0 Å². The molecule has 0 aliphatic rings. The van der Waals surface area contributed by atoms with E-state index in [0.717, 1.165) is 0 Å². The first-order chi connectivity index (χ1) is 6.56. The standard InChI is InChI=1S/C9H7IN3O/c1-6(10-7(2)14)9(5-13)8(3-11)4-12/h6H,1-2H3/q-1. The quantitative estimate of drug-likeness (QED) is 0.258. The molecule has 0 spiro atoms. The summed E-state index contributed by atoms with van der Waals surface area (Å²) < 4.78 is -0.218. The average Bonchev–Trinajstić information content (AvgIpc) is 2.12. The van der Waals surface area contributed by atoms with Gasteiger partial charge in [-0.25, -0.2) is 0 Å². The Labute approximate surface area is 92.7 Å². The number of rotatable bonds is 3. The fraction of sp³-hybridized carbons (Fsp3) is 0.333. The summed E-state index contributed by atoms with van der Waals surface area (Å²) in [6.07, 6.45) is 0. The predicted octanol–water partition coefficient (Wildman–Crippen LogP) is -2.12. The SMILES string of the molecule is CC(=O)[I-]C(C)C(C#N)=C(C#N)C#N. The minimum absolute atomic E-state index is 0.0410. The number of carbonyl (C=O) groups is 1. The van der Waals surface area contributed by atoms with Crippen molar-refractivity contribution < 1.29 is 26.0 Å². The third-order valence-corrected chi connectivity index (χ3v) is 3.76. The van der Waals surface area contributed by atoms with Crippen LogP contribution in [0.4, 0.5) is 0 Å².